The number of nitrogens with zero attached hydrogens (tertiary/aromatic N) is 1. The lowest BCUT2D eigenvalue weighted by Gasteiger charge is -2.63. The number of rotatable bonds is 4. The van der Waals surface area contributed by atoms with Crippen molar-refractivity contribution in [2.75, 3.05) is 4.90 Å². The summed E-state index contributed by atoms with van der Waals surface area (Å²) in [5.41, 5.74) is 15.6. The number of fused-ring (bicyclic) bond motifs is 4. The topological polar surface area (TPSA) is 12.5 Å². The summed E-state index contributed by atoms with van der Waals surface area (Å²) in [7, 11) is 0. The molecule has 4 saturated carbocycles. The van der Waals surface area contributed by atoms with Crippen molar-refractivity contribution in [1.29, 1.82) is 0 Å². The summed E-state index contributed by atoms with van der Waals surface area (Å²) in [5.74, 6) is 5.13. The predicted molar refractivity (Wildman–Crippen MR) is 241 cm³/mol. The van der Waals surface area contributed by atoms with Crippen LogP contribution in [0.5, 0.6) is 11.5 Å². The van der Waals surface area contributed by atoms with Gasteiger partial charge >= 0.3 is 0 Å². The van der Waals surface area contributed by atoms with E-state index >= 15 is 0 Å². The molecule has 1 spiro atoms. The van der Waals surface area contributed by atoms with E-state index in [1.165, 1.54) is 119 Å². The third-order valence-electron chi connectivity index (χ3n) is 17.0. The minimum atomic E-state index is -0.0719. The molecule has 1 aliphatic heterocycles. The first-order valence-corrected chi connectivity index (χ1v) is 22.8. The largest absolute Gasteiger partial charge is 0.456 e. The van der Waals surface area contributed by atoms with Gasteiger partial charge in [-0.1, -0.05) is 128 Å². The zero-order valence-electron chi connectivity index (χ0n) is 36.3. The zero-order valence-corrected chi connectivity index (χ0v) is 36.3. The fourth-order valence-electron chi connectivity index (χ4n) is 14.1. The van der Waals surface area contributed by atoms with E-state index in [2.05, 4.69) is 163 Å². The Morgan fingerprint density at radius 1 is 0.483 bits per heavy atom. The van der Waals surface area contributed by atoms with Gasteiger partial charge in [-0.05, 0) is 161 Å². The molecule has 4 bridgehead atoms. The van der Waals surface area contributed by atoms with Gasteiger partial charge in [0.15, 0.2) is 0 Å². The number of hydrogen-bond donors (Lipinski definition) is 0. The lowest BCUT2D eigenvalue weighted by atomic mass is 9.41. The van der Waals surface area contributed by atoms with E-state index in [1.807, 2.05) is 0 Å². The van der Waals surface area contributed by atoms with Crippen LogP contribution in [0, 0.1) is 23.7 Å². The molecule has 2 nitrogen and oxygen atoms in total. The van der Waals surface area contributed by atoms with Gasteiger partial charge in [-0.25, -0.2) is 0 Å². The Morgan fingerprint density at radius 2 is 1.00 bits per heavy atom. The Hall–Kier alpha value is -4.30. The minimum absolute atomic E-state index is 0.0378. The standard InChI is InChI=1S/C56H63NO/c1-52(2)25-27-54(5,6)49-42(52)18-13-21-46(49)57(47-22-14-19-43-50(47)55(7,8)28-26-53(43,3)4)40-23-24-48-45(34-40)56(38-30-35-29-36(32-38)33-39(56)31-35)44-20-12-17-41(51(44)58-48)37-15-10-9-11-16-37/h9-24,34-36,38-39H,25-33H2,1-8H3. The van der Waals surface area contributed by atoms with Crippen molar-refractivity contribution in [2.24, 2.45) is 23.7 Å². The maximum Gasteiger partial charge on any atom is 0.139 e. The first-order valence-electron chi connectivity index (χ1n) is 22.8. The Balaban J connectivity index is 1.20. The molecule has 58 heavy (non-hydrogen) atoms. The lowest BCUT2D eigenvalue weighted by Crippen LogP contribution is -2.57. The molecule has 0 saturated heterocycles. The van der Waals surface area contributed by atoms with E-state index < -0.39 is 0 Å². The van der Waals surface area contributed by atoms with Crippen LogP contribution in [0.15, 0.2) is 103 Å². The fraction of sp³-hybridized carbons (Fsp3) is 0.464. The van der Waals surface area contributed by atoms with E-state index in [0.717, 1.165) is 23.3 Å². The first-order chi connectivity index (χ1) is 27.7. The molecule has 2 heteroatoms. The van der Waals surface area contributed by atoms with Crippen molar-refractivity contribution in [3.63, 3.8) is 0 Å². The summed E-state index contributed by atoms with van der Waals surface area (Å²) < 4.78 is 7.32. The van der Waals surface area contributed by atoms with Gasteiger partial charge < -0.3 is 9.64 Å². The lowest BCUT2D eigenvalue weighted by molar-refractivity contribution is -0.0451. The zero-order chi connectivity index (χ0) is 40.0. The number of anilines is 3. The van der Waals surface area contributed by atoms with Gasteiger partial charge in [0.05, 0.1) is 11.4 Å². The van der Waals surface area contributed by atoms with Crippen LogP contribution in [-0.2, 0) is 27.1 Å². The van der Waals surface area contributed by atoms with Gasteiger partial charge in [-0.3, -0.25) is 0 Å². The van der Waals surface area contributed by atoms with Crippen LogP contribution in [0.4, 0.5) is 17.1 Å². The summed E-state index contributed by atoms with van der Waals surface area (Å²) in [6.45, 7) is 19.9. The van der Waals surface area contributed by atoms with Gasteiger partial charge in [0.2, 0.25) is 0 Å². The van der Waals surface area contributed by atoms with E-state index in [0.29, 0.717) is 11.8 Å². The molecule has 0 radical (unpaired) electrons. The summed E-state index contributed by atoms with van der Waals surface area (Å²) in [4.78, 5) is 2.74. The first kappa shape index (κ1) is 36.8. The SMILES string of the molecule is CC1(C)CCC(C)(C)c2c(N(c3ccc4c(c3)C3(c5cccc(-c6ccccc6)c5O4)C4CC5CC(C4)CC3C5)c3cccc4c3C(C)(C)CCC4(C)C)cccc21. The highest BCUT2D eigenvalue weighted by atomic mass is 16.5. The third kappa shape index (κ3) is 5.15. The van der Waals surface area contributed by atoms with Crippen LogP contribution < -0.4 is 9.64 Å². The smallest absolute Gasteiger partial charge is 0.139 e. The number of benzene rings is 5. The Morgan fingerprint density at radius 3 is 1.57 bits per heavy atom. The van der Waals surface area contributed by atoms with Crippen molar-refractivity contribution in [1.82, 2.24) is 0 Å². The summed E-state index contributed by atoms with van der Waals surface area (Å²) in [6.07, 6.45) is 11.5. The maximum absolute atomic E-state index is 7.32. The van der Waals surface area contributed by atoms with Crippen molar-refractivity contribution < 1.29 is 4.74 Å². The van der Waals surface area contributed by atoms with E-state index in [9.17, 15) is 0 Å². The van der Waals surface area contributed by atoms with Gasteiger partial charge in [-0.2, -0.15) is 0 Å². The molecule has 0 amide bonds. The maximum atomic E-state index is 7.32. The molecule has 0 unspecified atom stereocenters. The molecule has 5 aromatic rings. The Labute approximate surface area is 348 Å². The Kier molecular flexibility index (Phi) is 7.84. The number of ether oxygens (including phenoxy) is 1. The molecule has 1 heterocycles. The summed E-state index contributed by atoms with van der Waals surface area (Å²) >= 11 is 0. The normalized spacial score (nSPS) is 28.5. The van der Waals surface area contributed by atoms with Crippen LogP contribution in [0.2, 0.25) is 0 Å². The van der Waals surface area contributed by atoms with Crippen LogP contribution in [-0.4, -0.2) is 0 Å². The highest BCUT2D eigenvalue weighted by molar-refractivity contribution is 5.85. The quantitative estimate of drug-likeness (QED) is 0.181. The summed E-state index contributed by atoms with van der Waals surface area (Å²) in [6, 6.07) is 40.0. The van der Waals surface area contributed by atoms with Crippen LogP contribution in [0.3, 0.4) is 0 Å². The second-order valence-corrected chi connectivity index (χ2v) is 22.3. The minimum Gasteiger partial charge on any atom is -0.456 e. The van der Waals surface area contributed by atoms with Crippen molar-refractivity contribution in [2.45, 2.75) is 140 Å². The molecule has 12 rings (SSSR count). The highest BCUT2D eigenvalue weighted by Crippen LogP contribution is 2.70. The monoisotopic (exact) mass is 765 g/mol. The van der Waals surface area contributed by atoms with Crippen molar-refractivity contribution >= 4 is 17.1 Å². The average molecular weight is 766 g/mol. The molecular formula is C56H63NO. The molecule has 7 aliphatic rings. The molecule has 0 aromatic heterocycles. The molecule has 0 N–H and O–H groups in total. The second kappa shape index (κ2) is 12.4. The van der Waals surface area contributed by atoms with Crippen molar-refractivity contribution in [3.05, 3.63) is 137 Å². The van der Waals surface area contributed by atoms with E-state index in [-0.39, 0.29) is 27.1 Å². The van der Waals surface area contributed by atoms with Gasteiger partial charge in [0, 0.05) is 27.8 Å². The van der Waals surface area contributed by atoms with Crippen LogP contribution in [0.1, 0.15) is 147 Å². The predicted octanol–water partition coefficient (Wildman–Crippen LogP) is 15.4. The molecule has 6 aliphatic carbocycles. The van der Waals surface area contributed by atoms with Gasteiger partial charge in [0.1, 0.15) is 11.5 Å². The molecule has 5 aromatic carbocycles. The molecule has 0 atom stereocenters. The molecule has 298 valence electrons. The molecular weight excluding hydrogens is 703 g/mol. The van der Waals surface area contributed by atoms with Crippen LogP contribution >= 0.6 is 0 Å². The van der Waals surface area contributed by atoms with Crippen molar-refractivity contribution in [3.8, 4) is 22.6 Å². The van der Waals surface area contributed by atoms with Gasteiger partial charge in [0.25, 0.3) is 0 Å². The number of para-hydroxylation sites is 1. The fourth-order valence-corrected chi connectivity index (χ4v) is 14.1. The van der Waals surface area contributed by atoms with E-state index in [1.54, 1.807) is 0 Å². The molecule has 4 fully saturated rings. The van der Waals surface area contributed by atoms with Crippen LogP contribution in [0.25, 0.3) is 11.1 Å². The average Bonchev–Trinajstić information content (AvgIpc) is 3.20. The third-order valence-corrected chi connectivity index (χ3v) is 17.0. The van der Waals surface area contributed by atoms with Gasteiger partial charge in [-0.15, -0.1) is 0 Å². The highest BCUT2D eigenvalue weighted by Gasteiger charge is 2.61. The second-order valence-electron chi connectivity index (χ2n) is 22.3. The van der Waals surface area contributed by atoms with E-state index in [4.69, 9.17) is 4.74 Å². The Bertz CT molecular complexity index is 2350. The summed E-state index contributed by atoms with van der Waals surface area (Å²) in [5, 5.41) is 0. The number of hydrogen-bond acceptors (Lipinski definition) is 2.